The van der Waals surface area contributed by atoms with Crippen LogP contribution in [-0.4, -0.2) is 27.8 Å². The molecule has 4 nitrogen and oxygen atoms in total. The van der Waals surface area contributed by atoms with Crippen LogP contribution in [0.5, 0.6) is 0 Å². The number of halogens is 1. The molecule has 4 rings (SSSR count). The number of aromatic nitrogens is 2. The molecule has 0 spiro atoms. The highest BCUT2D eigenvalue weighted by Crippen LogP contribution is 2.36. The van der Waals surface area contributed by atoms with Crippen LogP contribution in [0.2, 0.25) is 5.02 Å². The molecule has 4 aromatic rings. The number of nitrogens with zero attached hydrogens (tertiary/aromatic N) is 2. The first-order valence-corrected chi connectivity index (χ1v) is 13.7. The maximum atomic E-state index is 12.3. The molecule has 0 aliphatic heterocycles. The molecule has 0 bridgehead atoms. The molecule has 0 fully saturated rings. The van der Waals surface area contributed by atoms with E-state index in [1.165, 1.54) is 16.7 Å². The molecule has 1 heterocycles. The summed E-state index contributed by atoms with van der Waals surface area (Å²) in [5, 5.41) is 4.48. The molecule has 0 radical (unpaired) electrons. The fourth-order valence-corrected chi connectivity index (χ4v) is 5.37. The van der Waals surface area contributed by atoms with Gasteiger partial charge in [0.15, 0.2) is 5.16 Å². The molecule has 0 aliphatic carbocycles. The summed E-state index contributed by atoms with van der Waals surface area (Å²) >= 11 is 7.90. The molecule has 6 heteroatoms. The van der Waals surface area contributed by atoms with E-state index in [-0.39, 0.29) is 5.91 Å². The lowest BCUT2D eigenvalue weighted by atomic mass is 10.0. The Bertz CT molecular complexity index is 1310. The Balaban J connectivity index is 1.44. The van der Waals surface area contributed by atoms with Crippen molar-refractivity contribution in [2.24, 2.45) is 0 Å². The Kier molecular flexibility index (Phi) is 8.89. The molecule has 3 aromatic carbocycles. The number of thioether (sulfide) groups is 1. The van der Waals surface area contributed by atoms with Gasteiger partial charge >= 0.3 is 0 Å². The number of benzene rings is 3. The molecule has 0 saturated heterocycles. The molecular formula is C30H32ClN3OS. The third-order valence-corrected chi connectivity index (χ3v) is 7.50. The number of hydrogen-bond acceptors (Lipinski definition) is 3. The molecule has 1 N–H and O–H groups in total. The van der Waals surface area contributed by atoms with Crippen molar-refractivity contribution in [1.29, 1.82) is 0 Å². The molecule has 0 aliphatic rings. The summed E-state index contributed by atoms with van der Waals surface area (Å²) in [5.74, 6) is 0.805. The van der Waals surface area contributed by atoms with Gasteiger partial charge in [0.1, 0.15) is 0 Å². The molecule has 0 saturated carbocycles. The first-order chi connectivity index (χ1) is 17.5. The number of carbonyl (C=O) groups is 1. The monoisotopic (exact) mass is 517 g/mol. The lowest BCUT2D eigenvalue weighted by Crippen LogP contribution is -2.24. The van der Waals surface area contributed by atoms with E-state index in [2.05, 4.69) is 79.2 Å². The summed E-state index contributed by atoms with van der Waals surface area (Å²) in [5.41, 5.74) is 7.50. The Labute approximate surface area is 223 Å². The van der Waals surface area contributed by atoms with E-state index in [9.17, 15) is 4.79 Å². The average Bonchev–Trinajstić information content (AvgIpc) is 3.25. The zero-order valence-corrected chi connectivity index (χ0v) is 22.6. The van der Waals surface area contributed by atoms with Crippen LogP contribution >= 0.6 is 23.4 Å². The minimum Gasteiger partial charge on any atom is -0.352 e. The number of rotatable bonds is 10. The fourth-order valence-electron chi connectivity index (χ4n) is 4.09. The minimum atomic E-state index is -0.125. The van der Waals surface area contributed by atoms with E-state index < -0.39 is 0 Å². The second kappa shape index (κ2) is 12.3. The standard InChI is InChI=1S/C30H32ClN3OS/c1-4-34-28(24-17-13-22(3)14-18-24)27(23-15-11-21(2)12-16-23)33-30(34)36-20-8-7-19-32-29(35)25-9-5-6-10-26(25)31/h5-6,9-18H,4,7-8,19-20H2,1-3H3,(H,32,35). The van der Waals surface area contributed by atoms with E-state index in [0.29, 0.717) is 17.1 Å². The molecule has 0 unspecified atom stereocenters. The third-order valence-electron chi connectivity index (χ3n) is 6.11. The fraction of sp³-hybridized carbons (Fsp3) is 0.267. The minimum absolute atomic E-state index is 0.125. The van der Waals surface area contributed by atoms with Crippen LogP contribution in [0, 0.1) is 13.8 Å². The summed E-state index contributed by atoms with van der Waals surface area (Å²) < 4.78 is 2.32. The van der Waals surface area contributed by atoms with Crippen molar-refractivity contribution in [3.8, 4) is 22.5 Å². The van der Waals surface area contributed by atoms with Gasteiger partial charge in [0.2, 0.25) is 0 Å². The van der Waals surface area contributed by atoms with Gasteiger partial charge < -0.3 is 9.88 Å². The van der Waals surface area contributed by atoms with Crippen LogP contribution in [0.1, 0.15) is 41.3 Å². The highest BCUT2D eigenvalue weighted by molar-refractivity contribution is 7.99. The first kappa shape index (κ1) is 26.1. The van der Waals surface area contributed by atoms with Crippen molar-refractivity contribution in [1.82, 2.24) is 14.9 Å². The highest BCUT2D eigenvalue weighted by Gasteiger charge is 2.19. The largest absolute Gasteiger partial charge is 0.352 e. The van der Waals surface area contributed by atoms with Gasteiger partial charge in [0.05, 0.1) is 22.0 Å². The number of carbonyl (C=O) groups excluding carboxylic acids is 1. The Hall–Kier alpha value is -3.02. The Morgan fingerprint density at radius 1 is 0.917 bits per heavy atom. The van der Waals surface area contributed by atoms with Gasteiger partial charge in [-0.3, -0.25) is 4.79 Å². The molecule has 1 aromatic heterocycles. The van der Waals surface area contributed by atoms with E-state index in [1.807, 2.05) is 12.1 Å². The van der Waals surface area contributed by atoms with Gasteiger partial charge in [-0.1, -0.05) is 95.2 Å². The molecule has 1 amide bonds. The van der Waals surface area contributed by atoms with E-state index in [0.717, 1.165) is 47.2 Å². The normalized spacial score (nSPS) is 11.0. The summed E-state index contributed by atoms with van der Waals surface area (Å²) in [4.78, 5) is 17.5. The number of imidazole rings is 1. The summed E-state index contributed by atoms with van der Waals surface area (Å²) in [6, 6.07) is 24.4. The van der Waals surface area contributed by atoms with Crippen LogP contribution in [-0.2, 0) is 6.54 Å². The topological polar surface area (TPSA) is 46.9 Å². The van der Waals surface area contributed by atoms with Gasteiger partial charge in [-0.05, 0) is 45.7 Å². The molecule has 0 atom stereocenters. The van der Waals surface area contributed by atoms with Crippen molar-refractivity contribution in [2.45, 2.75) is 45.3 Å². The number of unbranched alkanes of at least 4 members (excludes halogenated alkanes) is 1. The average molecular weight is 518 g/mol. The number of aryl methyl sites for hydroxylation is 2. The van der Waals surface area contributed by atoms with Gasteiger partial charge in [-0.25, -0.2) is 4.98 Å². The second-order valence-electron chi connectivity index (χ2n) is 8.86. The van der Waals surface area contributed by atoms with Crippen LogP contribution in [0.25, 0.3) is 22.5 Å². The lowest BCUT2D eigenvalue weighted by Gasteiger charge is -2.11. The van der Waals surface area contributed by atoms with Crippen molar-refractivity contribution < 1.29 is 4.79 Å². The number of hydrogen-bond donors (Lipinski definition) is 1. The molecule has 186 valence electrons. The zero-order chi connectivity index (χ0) is 25.5. The van der Waals surface area contributed by atoms with Crippen molar-refractivity contribution in [2.75, 3.05) is 12.3 Å². The van der Waals surface area contributed by atoms with Gasteiger partial charge in [-0.2, -0.15) is 0 Å². The number of amides is 1. The van der Waals surface area contributed by atoms with E-state index in [4.69, 9.17) is 16.6 Å². The lowest BCUT2D eigenvalue weighted by molar-refractivity contribution is 0.0953. The van der Waals surface area contributed by atoms with Crippen LogP contribution in [0.15, 0.2) is 78.0 Å². The van der Waals surface area contributed by atoms with Gasteiger partial charge in [0, 0.05) is 30.0 Å². The predicted molar refractivity (Wildman–Crippen MR) is 152 cm³/mol. The summed E-state index contributed by atoms with van der Waals surface area (Å²) in [6.07, 6.45) is 1.87. The van der Waals surface area contributed by atoms with E-state index in [1.54, 1.807) is 23.9 Å². The first-order valence-electron chi connectivity index (χ1n) is 12.4. The SMILES string of the molecule is CCn1c(SCCCCNC(=O)c2ccccc2Cl)nc(-c2ccc(C)cc2)c1-c1ccc(C)cc1. The second-order valence-corrected chi connectivity index (χ2v) is 10.3. The maximum Gasteiger partial charge on any atom is 0.252 e. The number of nitrogens with one attached hydrogen (secondary N) is 1. The quantitative estimate of drug-likeness (QED) is 0.172. The zero-order valence-electron chi connectivity index (χ0n) is 21.1. The van der Waals surface area contributed by atoms with Crippen molar-refractivity contribution >= 4 is 29.3 Å². The smallest absolute Gasteiger partial charge is 0.252 e. The molecular weight excluding hydrogens is 486 g/mol. The third kappa shape index (κ3) is 6.21. The predicted octanol–water partition coefficient (Wildman–Crippen LogP) is 7.81. The highest BCUT2D eigenvalue weighted by atomic mass is 35.5. The van der Waals surface area contributed by atoms with Crippen molar-refractivity contribution in [3.63, 3.8) is 0 Å². The summed E-state index contributed by atoms with van der Waals surface area (Å²) in [6.45, 7) is 7.86. The van der Waals surface area contributed by atoms with Crippen LogP contribution < -0.4 is 5.32 Å². The molecule has 36 heavy (non-hydrogen) atoms. The van der Waals surface area contributed by atoms with E-state index >= 15 is 0 Å². The van der Waals surface area contributed by atoms with Crippen molar-refractivity contribution in [3.05, 3.63) is 94.5 Å². The van der Waals surface area contributed by atoms with Gasteiger partial charge in [-0.15, -0.1) is 0 Å². The van der Waals surface area contributed by atoms with Crippen LogP contribution in [0.3, 0.4) is 0 Å². The van der Waals surface area contributed by atoms with Crippen LogP contribution in [0.4, 0.5) is 0 Å². The maximum absolute atomic E-state index is 12.3. The van der Waals surface area contributed by atoms with Gasteiger partial charge in [0.25, 0.3) is 5.91 Å². The Morgan fingerprint density at radius 3 is 2.19 bits per heavy atom. The Morgan fingerprint density at radius 2 is 1.56 bits per heavy atom. The summed E-state index contributed by atoms with van der Waals surface area (Å²) in [7, 11) is 0.